The summed E-state index contributed by atoms with van der Waals surface area (Å²) in [7, 11) is 1.73. The summed E-state index contributed by atoms with van der Waals surface area (Å²) in [6.45, 7) is 1.89. The highest BCUT2D eigenvalue weighted by Gasteiger charge is 2.17. The van der Waals surface area contributed by atoms with E-state index in [1.807, 2.05) is 25.1 Å². The summed E-state index contributed by atoms with van der Waals surface area (Å²) in [6.07, 6.45) is 0. The van der Waals surface area contributed by atoms with Gasteiger partial charge in [0.2, 0.25) is 0 Å². The fourth-order valence-corrected chi connectivity index (χ4v) is 2.37. The Hall–Kier alpha value is -1.45. The molecule has 2 aromatic carbocycles. The van der Waals surface area contributed by atoms with E-state index < -0.39 is 11.6 Å². The van der Waals surface area contributed by atoms with Gasteiger partial charge in [-0.15, -0.1) is 0 Å². The number of halogens is 3. The van der Waals surface area contributed by atoms with Crippen LogP contribution in [0.4, 0.5) is 8.78 Å². The average Bonchev–Trinajstić information content (AvgIpc) is 2.34. The van der Waals surface area contributed by atoms with Gasteiger partial charge >= 0.3 is 0 Å². The maximum atomic E-state index is 13.3. The van der Waals surface area contributed by atoms with E-state index in [0.29, 0.717) is 10.6 Å². The lowest BCUT2D eigenvalue weighted by atomic mass is 9.97. The van der Waals surface area contributed by atoms with Gasteiger partial charge in [-0.05, 0) is 42.8 Å². The van der Waals surface area contributed by atoms with E-state index in [9.17, 15) is 8.78 Å². The Morgan fingerprint density at radius 2 is 1.74 bits per heavy atom. The zero-order chi connectivity index (χ0) is 14.0. The van der Waals surface area contributed by atoms with Gasteiger partial charge in [0.25, 0.3) is 0 Å². The standard InChI is InChI=1S/C15H14ClF2N/c1-9-4-3-5-13(14(9)16)15(19-2)10-6-11(17)8-12(18)7-10/h3-8,15,19H,1-2H3. The van der Waals surface area contributed by atoms with Gasteiger partial charge in [0.15, 0.2) is 0 Å². The molecule has 0 radical (unpaired) electrons. The molecule has 2 aromatic rings. The highest BCUT2D eigenvalue weighted by atomic mass is 35.5. The van der Waals surface area contributed by atoms with Crippen LogP contribution >= 0.6 is 11.6 Å². The van der Waals surface area contributed by atoms with Gasteiger partial charge in [-0.2, -0.15) is 0 Å². The summed E-state index contributed by atoms with van der Waals surface area (Å²) in [5.74, 6) is -1.20. The van der Waals surface area contributed by atoms with Crippen LogP contribution in [0.5, 0.6) is 0 Å². The van der Waals surface area contributed by atoms with Crippen molar-refractivity contribution in [2.24, 2.45) is 0 Å². The number of hydrogen-bond donors (Lipinski definition) is 1. The minimum absolute atomic E-state index is 0.349. The van der Waals surface area contributed by atoms with E-state index in [4.69, 9.17) is 11.6 Å². The molecule has 19 heavy (non-hydrogen) atoms. The summed E-state index contributed by atoms with van der Waals surface area (Å²) in [5, 5.41) is 3.64. The molecular weight excluding hydrogens is 268 g/mol. The maximum absolute atomic E-state index is 13.3. The Morgan fingerprint density at radius 3 is 2.32 bits per heavy atom. The molecule has 0 aliphatic heterocycles. The van der Waals surface area contributed by atoms with E-state index in [1.54, 1.807) is 7.05 Å². The molecule has 1 N–H and O–H groups in total. The Kier molecular flexibility index (Phi) is 4.17. The van der Waals surface area contributed by atoms with Gasteiger partial charge in [0.05, 0.1) is 6.04 Å². The lowest BCUT2D eigenvalue weighted by molar-refractivity contribution is 0.571. The van der Waals surface area contributed by atoms with E-state index in [2.05, 4.69) is 5.32 Å². The summed E-state index contributed by atoms with van der Waals surface area (Å²) < 4.78 is 26.6. The third-order valence-electron chi connectivity index (χ3n) is 3.04. The second kappa shape index (κ2) is 5.68. The van der Waals surface area contributed by atoms with Crippen molar-refractivity contribution in [3.63, 3.8) is 0 Å². The Bertz CT molecular complexity index is 578. The van der Waals surface area contributed by atoms with Crippen molar-refractivity contribution in [1.82, 2.24) is 5.32 Å². The molecule has 0 fully saturated rings. The van der Waals surface area contributed by atoms with Crippen LogP contribution in [-0.4, -0.2) is 7.05 Å². The predicted octanol–water partition coefficient (Wildman–Crippen LogP) is 4.24. The fraction of sp³-hybridized carbons (Fsp3) is 0.200. The van der Waals surface area contributed by atoms with Gasteiger partial charge in [0, 0.05) is 11.1 Å². The molecule has 0 heterocycles. The number of benzene rings is 2. The van der Waals surface area contributed by atoms with Gasteiger partial charge in [-0.3, -0.25) is 0 Å². The molecule has 0 aliphatic rings. The van der Waals surface area contributed by atoms with Crippen molar-refractivity contribution < 1.29 is 8.78 Å². The molecule has 0 spiro atoms. The predicted molar refractivity (Wildman–Crippen MR) is 73.4 cm³/mol. The lowest BCUT2D eigenvalue weighted by Crippen LogP contribution is -2.18. The lowest BCUT2D eigenvalue weighted by Gasteiger charge is -2.19. The van der Waals surface area contributed by atoms with Crippen LogP contribution in [0.15, 0.2) is 36.4 Å². The minimum Gasteiger partial charge on any atom is -0.309 e. The second-order valence-corrected chi connectivity index (χ2v) is 4.78. The summed E-state index contributed by atoms with van der Waals surface area (Å²) >= 11 is 6.27. The third kappa shape index (κ3) is 2.94. The molecule has 0 aromatic heterocycles. The normalized spacial score (nSPS) is 12.5. The van der Waals surface area contributed by atoms with Crippen molar-refractivity contribution in [2.45, 2.75) is 13.0 Å². The van der Waals surface area contributed by atoms with Crippen molar-refractivity contribution in [3.8, 4) is 0 Å². The molecule has 0 amide bonds. The quantitative estimate of drug-likeness (QED) is 0.887. The summed E-state index contributed by atoms with van der Waals surface area (Å²) in [5.41, 5.74) is 2.23. The highest BCUT2D eigenvalue weighted by Crippen LogP contribution is 2.30. The molecule has 0 saturated carbocycles. The number of nitrogens with one attached hydrogen (secondary N) is 1. The molecular formula is C15H14ClF2N. The monoisotopic (exact) mass is 281 g/mol. The smallest absolute Gasteiger partial charge is 0.126 e. The average molecular weight is 282 g/mol. The van der Waals surface area contributed by atoms with Crippen LogP contribution in [0.1, 0.15) is 22.7 Å². The van der Waals surface area contributed by atoms with Gasteiger partial charge in [-0.25, -0.2) is 8.78 Å². The van der Waals surface area contributed by atoms with Crippen LogP contribution in [0.25, 0.3) is 0 Å². The first-order chi connectivity index (χ1) is 9.02. The third-order valence-corrected chi connectivity index (χ3v) is 3.56. The maximum Gasteiger partial charge on any atom is 0.126 e. The van der Waals surface area contributed by atoms with Crippen LogP contribution in [0, 0.1) is 18.6 Å². The molecule has 0 bridgehead atoms. The number of hydrogen-bond acceptors (Lipinski definition) is 1. The first kappa shape index (κ1) is 14.0. The topological polar surface area (TPSA) is 12.0 Å². The minimum atomic E-state index is -0.598. The molecule has 4 heteroatoms. The molecule has 2 rings (SSSR count). The van der Waals surface area contributed by atoms with Crippen LogP contribution in [-0.2, 0) is 0 Å². The number of rotatable bonds is 3. The molecule has 100 valence electrons. The Labute approximate surface area is 116 Å². The fourth-order valence-electron chi connectivity index (χ4n) is 2.14. The van der Waals surface area contributed by atoms with Crippen LogP contribution in [0.3, 0.4) is 0 Å². The largest absolute Gasteiger partial charge is 0.309 e. The highest BCUT2D eigenvalue weighted by molar-refractivity contribution is 6.32. The zero-order valence-corrected chi connectivity index (χ0v) is 11.4. The summed E-state index contributed by atoms with van der Waals surface area (Å²) in [4.78, 5) is 0. The molecule has 1 unspecified atom stereocenters. The van der Waals surface area contributed by atoms with E-state index in [1.165, 1.54) is 12.1 Å². The molecule has 0 saturated heterocycles. The van der Waals surface area contributed by atoms with Crippen molar-refractivity contribution in [1.29, 1.82) is 0 Å². The molecule has 0 aliphatic carbocycles. The summed E-state index contributed by atoms with van der Waals surface area (Å²) in [6, 6.07) is 8.73. The van der Waals surface area contributed by atoms with Crippen molar-refractivity contribution in [2.75, 3.05) is 7.05 Å². The first-order valence-electron chi connectivity index (χ1n) is 5.91. The SMILES string of the molecule is CNC(c1cc(F)cc(F)c1)c1cccc(C)c1Cl. The van der Waals surface area contributed by atoms with Crippen molar-refractivity contribution >= 4 is 11.6 Å². The van der Waals surface area contributed by atoms with Crippen molar-refractivity contribution in [3.05, 3.63) is 69.7 Å². The first-order valence-corrected chi connectivity index (χ1v) is 6.29. The number of aryl methyl sites for hydroxylation is 1. The second-order valence-electron chi connectivity index (χ2n) is 4.40. The van der Waals surface area contributed by atoms with E-state index in [-0.39, 0.29) is 6.04 Å². The van der Waals surface area contributed by atoms with Crippen LogP contribution < -0.4 is 5.32 Å². The van der Waals surface area contributed by atoms with Gasteiger partial charge < -0.3 is 5.32 Å². The van der Waals surface area contributed by atoms with Crippen LogP contribution in [0.2, 0.25) is 5.02 Å². The Morgan fingerprint density at radius 1 is 1.11 bits per heavy atom. The van der Waals surface area contributed by atoms with Gasteiger partial charge in [-0.1, -0.05) is 29.8 Å². The molecule has 1 nitrogen and oxygen atoms in total. The van der Waals surface area contributed by atoms with Gasteiger partial charge in [0.1, 0.15) is 11.6 Å². The van der Waals surface area contributed by atoms with E-state index in [0.717, 1.165) is 17.2 Å². The molecule has 1 atom stereocenters. The van der Waals surface area contributed by atoms with E-state index >= 15 is 0 Å². The Balaban J connectivity index is 2.53. The zero-order valence-electron chi connectivity index (χ0n) is 10.7.